The van der Waals surface area contributed by atoms with Gasteiger partial charge in [-0.25, -0.2) is 8.42 Å². The van der Waals surface area contributed by atoms with Gasteiger partial charge in [-0.15, -0.1) is 0 Å². The molecule has 0 unspecified atom stereocenters. The quantitative estimate of drug-likeness (QED) is 0.862. The summed E-state index contributed by atoms with van der Waals surface area (Å²) in [5.41, 5.74) is 0.572. The van der Waals surface area contributed by atoms with Crippen LogP contribution >= 0.6 is 27.5 Å². The van der Waals surface area contributed by atoms with Gasteiger partial charge in [-0.05, 0) is 40.2 Å². The number of halogens is 2. The third-order valence-electron chi connectivity index (χ3n) is 2.51. The molecule has 0 aliphatic heterocycles. The van der Waals surface area contributed by atoms with Crippen LogP contribution in [-0.2, 0) is 9.84 Å². The number of H-pyrrole nitrogens is 1. The zero-order chi connectivity index (χ0) is 14.9. The molecule has 0 radical (unpaired) electrons. The number of benzene rings is 1. The zero-order valence-corrected chi connectivity index (χ0v) is 13.4. The number of aromatic amines is 1. The minimum Gasteiger partial charge on any atom is -0.356 e. The molecular formula is C12H10BrClN2O3S. The molecule has 8 heteroatoms. The van der Waals surface area contributed by atoms with Gasteiger partial charge in [0, 0.05) is 16.9 Å². The summed E-state index contributed by atoms with van der Waals surface area (Å²) < 4.78 is 23.7. The van der Waals surface area contributed by atoms with Gasteiger partial charge in [0.1, 0.15) is 5.69 Å². The Bertz CT molecular complexity index is 771. The van der Waals surface area contributed by atoms with E-state index >= 15 is 0 Å². The molecule has 0 spiro atoms. The Morgan fingerprint density at radius 2 is 2.05 bits per heavy atom. The molecule has 0 atom stereocenters. The predicted octanol–water partition coefficient (Wildman–Crippen LogP) is 3.09. The molecule has 5 nitrogen and oxygen atoms in total. The molecule has 0 saturated heterocycles. The van der Waals surface area contributed by atoms with Crippen LogP contribution in [0.25, 0.3) is 0 Å². The molecule has 2 rings (SSSR count). The minimum atomic E-state index is -3.36. The molecule has 0 bridgehead atoms. The van der Waals surface area contributed by atoms with E-state index in [9.17, 15) is 13.2 Å². The molecule has 1 heterocycles. The number of anilines is 1. The lowest BCUT2D eigenvalue weighted by atomic mass is 10.3. The summed E-state index contributed by atoms with van der Waals surface area (Å²) in [6, 6.07) is 5.74. The van der Waals surface area contributed by atoms with Crippen molar-refractivity contribution in [2.24, 2.45) is 0 Å². The third kappa shape index (κ3) is 3.41. The molecule has 2 N–H and O–H groups in total. The summed E-state index contributed by atoms with van der Waals surface area (Å²) in [5.74, 6) is -0.414. The zero-order valence-electron chi connectivity index (χ0n) is 10.3. The van der Waals surface area contributed by atoms with E-state index in [-0.39, 0.29) is 15.6 Å². The molecule has 1 amide bonds. The van der Waals surface area contributed by atoms with Crippen molar-refractivity contribution in [1.82, 2.24) is 4.98 Å². The van der Waals surface area contributed by atoms with E-state index in [1.165, 1.54) is 18.2 Å². The number of nitrogens with one attached hydrogen (secondary N) is 2. The topological polar surface area (TPSA) is 79.0 Å². The number of rotatable bonds is 3. The van der Waals surface area contributed by atoms with Crippen molar-refractivity contribution in [3.63, 3.8) is 0 Å². The van der Waals surface area contributed by atoms with Crippen molar-refractivity contribution in [2.45, 2.75) is 4.90 Å². The lowest BCUT2D eigenvalue weighted by Gasteiger charge is -2.08. The van der Waals surface area contributed by atoms with Crippen LogP contribution in [0.4, 0.5) is 5.69 Å². The second-order valence-electron chi connectivity index (χ2n) is 4.10. The van der Waals surface area contributed by atoms with Gasteiger partial charge in [-0.2, -0.15) is 0 Å². The van der Waals surface area contributed by atoms with E-state index in [2.05, 4.69) is 26.2 Å². The molecule has 106 valence electrons. The molecular weight excluding hydrogens is 368 g/mol. The average Bonchev–Trinajstić information content (AvgIpc) is 2.77. The summed E-state index contributed by atoms with van der Waals surface area (Å²) in [6.45, 7) is 0. The lowest BCUT2D eigenvalue weighted by molar-refractivity contribution is 0.102. The van der Waals surface area contributed by atoms with E-state index in [1.807, 2.05) is 0 Å². The van der Waals surface area contributed by atoms with Crippen molar-refractivity contribution in [3.05, 3.63) is 45.7 Å². The molecule has 1 aromatic carbocycles. The van der Waals surface area contributed by atoms with Crippen LogP contribution in [0.1, 0.15) is 10.5 Å². The van der Waals surface area contributed by atoms with Crippen LogP contribution in [0.15, 0.2) is 39.8 Å². The van der Waals surface area contributed by atoms with Gasteiger partial charge in [0.15, 0.2) is 9.84 Å². The molecule has 20 heavy (non-hydrogen) atoms. The summed E-state index contributed by atoms with van der Waals surface area (Å²) in [7, 11) is -3.36. The van der Waals surface area contributed by atoms with Crippen LogP contribution in [0, 0.1) is 0 Å². The Kier molecular flexibility index (Phi) is 4.22. The highest BCUT2D eigenvalue weighted by molar-refractivity contribution is 9.10. The number of carbonyl (C=O) groups is 1. The molecule has 0 aliphatic carbocycles. The fraction of sp³-hybridized carbons (Fsp3) is 0.0833. The highest BCUT2D eigenvalue weighted by atomic mass is 79.9. The van der Waals surface area contributed by atoms with Crippen LogP contribution < -0.4 is 5.32 Å². The second-order valence-corrected chi connectivity index (χ2v) is 7.44. The first-order chi connectivity index (χ1) is 9.27. The Hall–Kier alpha value is -1.31. The number of amides is 1. The van der Waals surface area contributed by atoms with Gasteiger partial charge >= 0.3 is 0 Å². The van der Waals surface area contributed by atoms with E-state index in [4.69, 9.17) is 11.6 Å². The smallest absolute Gasteiger partial charge is 0.272 e. The Balaban J connectivity index is 2.31. The summed E-state index contributed by atoms with van der Waals surface area (Å²) in [6.07, 6.45) is 2.70. The van der Waals surface area contributed by atoms with Gasteiger partial charge in [-0.1, -0.05) is 11.6 Å². The highest BCUT2D eigenvalue weighted by Crippen LogP contribution is 2.26. The summed E-state index contributed by atoms with van der Waals surface area (Å²) >= 11 is 9.18. The number of hydrogen-bond donors (Lipinski definition) is 2. The van der Waals surface area contributed by atoms with Crippen molar-refractivity contribution in [2.75, 3.05) is 11.6 Å². The van der Waals surface area contributed by atoms with Crippen molar-refractivity contribution >= 4 is 49.0 Å². The van der Waals surface area contributed by atoms with Gasteiger partial charge in [0.2, 0.25) is 0 Å². The molecule has 0 saturated carbocycles. The monoisotopic (exact) mass is 376 g/mol. The lowest BCUT2D eigenvalue weighted by Crippen LogP contribution is -2.13. The Morgan fingerprint density at radius 1 is 1.35 bits per heavy atom. The standard InChI is InChI=1S/C12H10BrClN2O3S/c1-20(18,19)8-2-3-9(14)10(5-8)16-12(17)11-4-7(13)6-15-11/h2-6,15H,1H3,(H,16,17). The largest absolute Gasteiger partial charge is 0.356 e. The Labute approximate surface area is 129 Å². The normalized spacial score (nSPS) is 11.3. The number of aromatic nitrogens is 1. The SMILES string of the molecule is CS(=O)(=O)c1ccc(Cl)c(NC(=O)c2cc(Br)c[nH]2)c1. The summed E-state index contributed by atoms with van der Waals surface area (Å²) in [4.78, 5) is 14.8. The highest BCUT2D eigenvalue weighted by Gasteiger charge is 2.14. The van der Waals surface area contributed by atoms with Crippen LogP contribution in [0.5, 0.6) is 0 Å². The van der Waals surface area contributed by atoms with Gasteiger partial charge < -0.3 is 10.3 Å². The van der Waals surface area contributed by atoms with Crippen LogP contribution in [0.2, 0.25) is 5.02 Å². The first-order valence-corrected chi connectivity index (χ1v) is 8.48. The maximum absolute atomic E-state index is 12.0. The molecule has 0 fully saturated rings. The van der Waals surface area contributed by atoms with Gasteiger partial charge in [0.25, 0.3) is 5.91 Å². The van der Waals surface area contributed by atoms with Gasteiger partial charge in [-0.3, -0.25) is 4.79 Å². The van der Waals surface area contributed by atoms with Crippen LogP contribution in [0.3, 0.4) is 0 Å². The minimum absolute atomic E-state index is 0.0878. The van der Waals surface area contributed by atoms with Crippen molar-refractivity contribution < 1.29 is 13.2 Å². The van der Waals surface area contributed by atoms with Gasteiger partial charge in [0.05, 0.1) is 15.6 Å². The fourth-order valence-corrected chi connectivity index (χ4v) is 2.67. The average molecular weight is 378 g/mol. The van der Waals surface area contributed by atoms with E-state index in [1.54, 1.807) is 12.3 Å². The number of sulfone groups is 1. The Morgan fingerprint density at radius 3 is 2.60 bits per heavy atom. The molecule has 1 aromatic heterocycles. The molecule has 2 aromatic rings. The maximum Gasteiger partial charge on any atom is 0.272 e. The van der Waals surface area contributed by atoms with Crippen molar-refractivity contribution in [3.8, 4) is 0 Å². The second kappa shape index (κ2) is 5.59. The predicted molar refractivity (Wildman–Crippen MR) is 81.0 cm³/mol. The van der Waals surface area contributed by atoms with E-state index < -0.39 is 15.7 Å². The summed E-state index contributed by atoms with van der Waals surface area (Å²) in [5, 5.41) is 2.83. The van der Waals surface area contributed by atoms with Crippen molar-refractivity contribution in [1.29, 1.82) is 0 Å². The van der Waals surface area contributed by atoms with Crippen LogP contribution in [-0.4, -0.2) is 25.6 Å². The molecule has 0 aliphatic rings. The number of carbonyl (C=O) groups excluding carboxylic acids is 1. The van der Waals surface area contributed by atoms with E-state index in [0.717, 1.165) is 10.7 Å². The van der Waals surface area contributed by atoms with E-state index in [0.29, 0.717) is 5.69 Å². The fourth-order valence-electron chi connectivity index (χ4n) is 1.52. The third-order valence-corrected chi connectivity index (χ3v) is 4.40. The first-order valence-electron chi connectivity index (χ1n) is 5.42. The first kappa shape index (κ1) is 15.1. The number of hydrogen-bond acceptors (Lipinski definition) is 3. The maximum atomic E-state index is 12.0.